The van der Waals surface area contributed by atoms with Crippen LogP contribution in [-0.2, 0) is 13.6 Å². The van der Waals surface area contributed by atoms with Crippen LogP contribution in [0.1, 0.15) is 21.7 Å². The van der Waals surface area contributed by atoms with Gasteiger partial charge in [-0.05, 0) is 24.6 Å². The summed E-state index contributed by atoms with van der Waals surface area (Å²) in [4.78, 5) is 12.9. The summed E-state index contributed by atoms with van der Waals surface area (Å²) in [7, 11) is 1.82. The molecular weight excluding hydrogens is 409 g/mol. The number of benzene rings is 2. The van der Waals surface area contributed by atoms with E-state index in [1.54, 1.807) is 36.1 Å². The lowest BCUT2D eigenvalue weighted by molar-refractivity contribution is 0.102. The minimum absolute atomic E-state index is 0.288. The third-order valence-electron chi connectivity index (χ3n) is 5.33. The van der Waals surface area contributed by atoms with Gasteiger partial charge < -0.3 is 14.4 Å². The van der Waals surface area contributed by atoms with E-state index in [2.05, 4.69) is 15.6 Å². The Bertz CT molecular complexity index is 1450. The first-order valence-corrected chi connectivity index (χ1v) is 10.1. The number of hydrogen-bond donors (Lipinski definition) is 1. The van der Waals surface area contributed by atoms with Gasteiger partial charge in [0.25, 0.3) is 5.91 Å². The number of aryl methyl sites for hydroxylation is 2. The number of carbonyl (C=O) groups is 1. The molecule has 0 fully saturated rings. The summed E-state index contributed by atoms with van der Waals surface area (Å²) in [5, 5.41) is 11.5. The lowest BCUT2D eigenvalue weighted by atomic mass is 10.1. The van der Waals surface area contributed by atoms with Crippen molar-refractivity contribution in [1.29, 1.82) is 0 Å². The number of halogens is 1. The molecule has 0 unspecified atom stereocenters. The Kier molecular flexibility index (Phi) is 4.82. The molecule has 0 atom stereocenters. The van der Waals surface area contributed by atoms with Crippen molar-refractivity contribution < 1.29 is 13.7 Å². The van der Waals surface area contributed by atoms with Crippen molar-refractivity contribution in [3.05, 3.63) is 89.8 Å². The maximum Gasteiger partial charge on any atom is 0.259 e. The normalized spacial score (nSPS) is 11.2. The first-order valence-electron chi connectivity index (χ1n) is 10.1. The molecule has 1 amide bonds. The summed E-state index contributed by atoms with van der Waals surface area (Å²) >= 11 is 0. The van der Waals surface area contributed by atoms with Crippen LogP contribution in [0.3, 0.4) is 0 Å². The third kappa shape index (κ3) is 3.66. The molecule has 0 radical (unpaired) electrons. The minimum Gasteiger partial charge on any atom is -0.360 e. The van der Waals surface area contributed by atoms with Crippen LogP contribution in [0.25, 0.3) is 22.0 Å². The van der Waals surface area contributed by atoms with Gasteiger partial charge in [0.1, 0.15) is 11.6 Å². The summed E-state index contributed by atoms with van der Waals surface area (Å²) in [6, 6.07) is 14.3. The zero-order chi connectivity index (χ0) is 22.2. The Morgan fingerprint density at radius 1 is 1.12 bits per heavy atom. The largest absolute Gasteiger partial charge is 0.360 e. The molecule has 1 N–H and O–H groups in total. The van der Waals surface area contributed by atoms with E-state index in [9.17, 15) is 9.18 Å². The number of anilines is 1. The summed E-state index contributed by atoms with van der Waals surface area (Å²) < 4.78 is 23.5. The molecule has 32 heavy (non-hydrogen) atoms. The topological polar surface area (TPSA) is 77.9 Å². The van der Waals surface area contributed by atoms with Crippen LogP contribution in [0.4, 0.5) is 10.2 Å². The second-order valence-corrected chi connectivity index (χ2v) is 7.67. The molecule has 3 heterocycles. The molecule has 7 nitrogen and oxygen atoms in total. The van der Waals surface area contributed by atoms with Gasteiger partial charge in [-0.15, -0.1) is 0 Å². The van der Waals surface area contributed by atoms with E-state index in [-0.39, 0.29) is 18.3 Å². The Morgan fingerprint density at radius 2 is 1.97 bits per heavy atom. The van der Waals surface area contributed by atoms with Gasteiger partial charge in [-0.25, -0.2) is 4.39 Å². The molecule has 2 aromatic carbocycles. The lowest BCUT2D eigenvalue weighted by Gasteiger charge is -2.08. The highest BCUT2D eigenvalue weighted by Gasteiger charge is 2.17. The number of aromatic nitrogens is 4. The zero-order valence-corrected chi connectivity index (χ0v) is 17.5. The molecule has 0 aliphatic carbocycles. The molecule has 0 saturated carbocycles. The Labute approximate surface area is 183 Å². The standard InChI is InChI=1S/C24H20FN5O2/c1-15-9-23(28-32-15)27-24(31)20-14-30(22-6-4-3-5-19(20)22)13-17-8-7-16(10-21(17)25)18-11-26-29(2)12-18/h3-12,14H,13H2,1-2H3,(H,27,28,31). The molecule has 0 aliphatic rings. The lowest BCUT2D eigenvalue weighted by Crippen LogP contribution is -2.11. The highest BCUT2D eigenvalue weighted by atomic mass is 19.1. The van der Waals surface area contributed by atoms with Crippen LogP contribution in [0.5, 0.6) is 0 Å². The Morgan fingerprint density at radius 3 is 2.69 bits per heavy atom. The predicted octanol–water partition coefficient (Wildman–Crippen LogP) is 4.78. The third-order valence-corrected chi connectivity index (χ3v) is 5.33. The number of para-hydroxylation sites is 1. The quantitative estimate of drug-likeness (QED) is 0.436. The van der Waals surface area contributed by atoms with Gasteiger partial charge >= 0.3 is 0 Å². The van der Waals surface area contributed by atoms with Crippen LogP contribution < -0.4 is 5.32 Å². The molecule has 0 spiro atoms. The zero-order valence-electron chi connectivity index (χ0n) is 17.5. The highest BCUT2D eigenvalue weighted by molar-refractivity contribution is 6.12. The Hall–Kier alpha value is -4.20. The second kappa shape index (κ2) is 7.81. The van der Waals surface area contributed by atoms with Gasteiger partial charge in [0.05, 0.1) is 18.3 Å². The molecule has 160 valence electrons. The number of nitrogens with zero attached hydrogens (tertiary/aromatic N) is 4. The molecule has 5 aromatic rings. The maximum absolute atomic E-state index is 14.9. The van der Waals surface area contributed by atoms with E-state index in [1.165, 1.54) is 6.07 Å². The van der Waals surface area contributed by atoms with E-state index < -0.39 is 0 Å². The average Bonchev–Trinajstić information content (AvgIpc) is 3.49. The number of rotatable bonds is 5. The van der Waals surface area contributed by atoms with Gasteiger partial charge in [0, 0.05) is 47.5 Å². The van der Waals surface area contributed by atoms with Crippen LogP contribution in [0, 0.1) is 12.7 Å². The van der Waals surface area contributed by atoms with Crippen molar-refractivity contribution in [1.82, 2.24) is 19.5 Å². The van der Waals surface area contributed by atoms with Crippen molar-refractivity contribution in [2.24, 2.45) is 7.05 Å². The molecule has 5 rings (SSSR count). The van der Waals surface area contributed by atoms with Crippen LogP contribution in [0.15, 0.2) is 71.6 Å². The fourth-order valence-corrected chi connectivity index (χ4v) is 3.78. The monoisotopic (exact) mass is 429 g/mol. The molecule has 8 heteroatoms. The number of fused-ring (bicyclic) bond motifs is 1. The van der Waals surface area contributed by atoms with Gasteiger partial charge in [-0.2, -0.15) is 5.10 Å². The van der Waals surface area contributed by atoms with E-state index in [0.29, 0.717) is 22.7 Å². The van der Waals surface area contributed by atoms with E-state index in [0.717, 1.165) is 22.0 Å². The molecule has 0 bridgehead atoms. The minimum atomic E-state index is -0.312. The molecule has 3 aromatic heterocycles. The van der Waals surface area contributed by atoms with Gasteiger partial charge in [0.15, 0.2) is 5.82 Å². The Balaban J connectivity index is 1.46. The number of nitrogens with one attached hydrogen (secondary N) is 1. The van der Waals surface area contributed by atoms with Gasteiger partial charge in [-0.3, -0.25) is 9.48 Å². The first-order chi connectivity index (χ1) is 15.5. The number of carbonyl (C=O) groups excluding carboxylic acids is 1. The smallest absolute Gasteiger partial charge is 0.259 e. The van der Waals surface area contributed by atoms with E-state index in [1.807, 2.05) is 48.1 Å². The second-order valence-electron chi connectivity index (χ2n) is 7.67. The SMILES string of the molecule is Cc1cc(NC(=O)c2cn(Cc3ccc(-c4cnn(C)c4)cc3F)c3ccccc23)no1. The molecular formula is C24H20FN5O2. The molecule has 0 aliphatic heterocycles. The number of hydrogen-bond acceptors (Lipinski definition) is 4. The van der Waals surface area contributed by atoms with Crippen molar-refractivity contribution >= 4 is 22.6 Å². The highest BCUT2D eigenvalue weighted by Crippen LogP contribution is 2.26. The summed E-state index contributed by atoms with van der Waals surface area (Å²) in [5.74, 6) is 0.336. The van der Waals surface area contributed by atoms with Crippen molar-refractivity contribution in [2.45, 2.75) is 13.5 Å². The van der Waals surface area contributed by atoms with Crippen LogP contribution in [0.2, 0.25) is 0 Å². The van der Waals surface area contributed by atoms with Crippen molar-refractivity contribution in [3.63, 3.8) is 0 Å². The van der Waals surface area contributed by atoms with Crippen molar-refractivity contribution in [3.8, 4) is 11.1 Å². The van der Waals surface area contributed by atoms with Crippen molar-refractivity contribution in [2.75, 3.05) is 5.32 Å². The van der Waals surface area contributed by atoms with E-state index >= 15 is 0 Å². The average molecular weight is 429 g/mol. The number of amides is 1. The van der Waals surface area contributed by atoms with Crippen LogP contribution in [-0.4, -0.2) is 25.4 Å². The van der Waals surface area contributed by atoms with Gasteiger partial charge in [-0.1, -0.05) is 35.5 Å². The molecule has 0 saturated heterocycles. The first kappa shape index (κ1) is 19.7. The van der Waals surface area contributed by atoms with Crippen LogP contribution >= 0.6 is 0 Å². The summed E-state index contributed by atoms with van der Waals surface area (Å²) in [6.07, 6.45) is 5.28. The predicted molar refractivity (Wildman–Crippen MR) is 119 cm³/mol. The van der Waals surface area contributed by atoms with E-state index in [4.69, 9.17) is 4.52 Å². The fraction of sp³-hybridized carbons (Fsp3) is 0.125. The fourth-order valence-electron chi connectivity index (χ4n) is 3.78. The summed E-state index contributed by atoms with van der Waals surface area (Å²) in [5.41, 5.74) is 3.46. The van der Waals surface area contributed by atoms with Gasteiger partial charge in [0.2, 0.25) is 0 Å². The summed E-state index contributed by atoms with van der Waals surface area (Å²) in [6.45, 7) is 2.04. The maximum atomic E-state index is 14.9.